The first kappa shape index (κ1) is 19.6. The molecule has 8 nitrogen and oxygen atoms in total. The zero-order valence-corrected chi connectivity index (χ0v) is 15.6. The molecule has 1 fully saturated rings. The summed E-state index contributed by atoms with van der Waals surface area (Å²) in [7, 11) is -0.740. The Labute approximate surface area is 148 Å². The van der Waals surface area contributed by atoms with Crippen molar-refractivity contribution >= 4 is 15.9 Å². The van der Waals surface area contributed by atoms with Gasteiger partial charge in [-0.05, 0) is 25.1 Å². The van der Waals surface area contributed by atoms with E-state index in [4.69, 9.17) is 15.2 Å². The van der Waals surface area contributed by atoms with Crippen LogP contribution in [0.5, 0.6) is 5.75 Å². The molecule has 1 aliphatic rings. The zero-order valence-electron chi connectivity index (χ0n) is 14.8. The molecule has 0 aliphatic carbocycles. The van der Waals surface area contributed by atoms with Gasteiger partial charge in [-0.3, -0.25) is 4.79 Å². The van der Waals surface area contributed by atoms with Gasteiger partial charge in [0.15, 0.2) is 0 Å². The normalized spacial score (nSPS) is 17.1. The quantitative estimate of drug-likeness (QED) is 0.763. The summed E-state index contributed by atoms with van der Waals surface area (Å²) in [6.07, 6.45) is 0. The van der Waals surface area contributed by atoms with Crippen molar-refractivity contribution in [3.63, 3.8) is 0 Å². The Balaban J connectivity index is 2.42. The third-order valence-corrected chi connectivity index (χ3v) is 6.24. The van der Waals surface area contributed by atoms with Crippen LogP contribution >= 0.6 is 0 Å². The van der Waals surface area contributed by atoms with Crippen LogP contribution in [0.2, 0.25) is 0 Å². The van der Waals surface area contributed by atoms with E-state index in [1.165, 1.54) is 28.4 Å². The molecule has 0 bridgehead atoms. The molecule has 0 aromatic heterocycles. The van der Waals surface area contributed by atoms with E-state index in [1.807, 2.05) is 6.92 Å². The van der Waals surface area contributed by atoms with Gasteiger partial charge in [0.05, 0.1) is 20.3 Å². The fourth-order valence-corrected chi connectivity index (χ4v) is 4.09. The van der Waals surface area contributed by atoms with Crippen molar-refractivity contribution in [2.75, 3.05) is 47.0 Å². The number of carbonyl (C=O) groups excluding carboxylic acids is 1. The van der Waals surface area contributed by atoms with Crippen molar-refractivity contribution in [2.45, 2.75) is 17.9 Å². The number of ether oxygens (including phenoxy) is 2. The average Bonchev–Trinajstić information content (AvgIpc) is 2.66. The molecule has 1 saturated heterocycles. The number of rotatable bonds is 6. The lowest BCUT2D eigenvalue weighted by molar-refractivity contribution is 0.0728. The Hall–Kier alpha value is -1.68. The number of methoxy groups -OCH3 is 1. The van der Waals surface area contributed by atoms with Crippen LogP contribution in [0.4, 0.5) is 0 Å². The summed E-state index contributed by atoms with van der Waals surface area (Å²) in [4.78, 5) is 14.1. The van der Waals surface area contributed by atoms with Crippen LogP contribution in [0, 0.1) is 0 Å². The number of amides is 1. The molecule has 140 valence electrons. The second kappa shape index (κ2) is 8.13. The highest BCUT2D eigenvalue weighted by Gasteiger charge is 2.30. The van der Waals surface area contributed by atoms with E-state index >= 15 is 0 Å². The minimum atomic E-state index is -3.78. The minimum Gasteiger partial charge on any atom is -0.495 e. The molecule has 1 aromatic carbocycles. The fourth-order valence-electron chi connectivity index (χ4n) is 2.50. The van der Waals surface area contributed by atoms with Crippen LogP contribution in [-0.2, 0) is 14.8 Å². The molecule has 2 N–H and O–H groups in total. The fraction of sp³-hybridized carbons (Fsp3) is 0.562. The maximum atomic E-state index is 12.9. The monoisotopic (exact) mass is 371 g/mol. The van der Waals surface area contributed by atoms with E-state index < -0.39 is 10.0 Å². The maximum Gasteiger partial charge on any atom is 0.253 e. The number of morpholine rings is 1. The number of hydrogen-bond donors (Lipinski definition) is 1. The minimum absolute atomic E-state index is 0.0171. The van der Waals surface area contributed by atoms with E-state index in [2.05, 4.69) is 0 Å². The molecular weight excluding hydrogens is 346 g/mol. The number of hydrogen-bond acceptors (Lipinski definition) is 6. The first-order valence-corrected chi connectivity index (χ1v) is 9.50. The number of nitrogens with two attached hydrogens (primary N) is 1. The van der Waals surface area contributed by atoms with Gasteiger partial charge in [-0.1, -0.05) is 0 Å². The smallest absolute Gasteiger partial charge is 0.253 e. The van der Waals surface area contributed by atoms with Gasteiger partial charge in [0.2, 0.25) is 10.0 Å². The van der Waals surface area contributed by atoms with Gasteiger partial charge in [-0.2, -0.15) is 4.31 Å². The number of carbonyl (C=O) groups is 1. The van der Waals surface area contributed by atoms with Gasteiger partial charge in [-0.15, -0.1) is 0 Å². The van der Waals surface area contributed by atoms with Gasteiger partial charge < -0.3 is 20.1 Å². The second-order valence-electron chi connectivity index (χ2n) is 5.88. The summed E-state index contributed by atoms with van der Waals surface area (Å²) >= 11 is 0. The van der Waals surface area contributed by atoms with Crippen molar-refractivity contribution < 1.29 is 22.7 Å². The lowest BCUT2D eigenvalue weighted by Crippen LogP contribution is -2.41. The number of likely N-dealkylation sites (N-methyl/N-ethyl adjacent to an activating group) is 1. The molecule has 25 heavy (non-hydrogen) atoms. The van der Waals surface area contributed by atoms with E-state index in [0.717, 1.165) is 0 Å². The standard InChI is InChI=1S/C16H25N3O5S/c1-12(11-17)18(2)16(20)13-4-5-14(23-3)15(10-13)25(21,22)19-6-8-24-9-7-19/h4-5,10,12H,6-9,11,17H2,1-3H3. The second-order valence-corrected chi connectivity index (χ2v) is 7.79. The van der Waals surface area contributed by atoms with Gasteiger partial charge in [0, 0.05) is 38.3 Å². The zero-order chi connectivity index (χ0) is 18.6. The van der Waals surface area contributed by atoms with Crippen molar-refractivity contribution in [1.82, 2.24) is 9.21 Å². The predicted molar refractivity (Wildman–Crippen MR) is 93.2 cm³/mol. The molecule has 1 unspecified atom stereocenters. The molecule has 1 aromatic rings. The van der Waals surface area contributed by atoms with E-state index in [0.29, 0.717) is 19.8 Å². The largest absolute Gasteiger partial charge is 0.495 e. The molecule has 0 radical (unpaired) electrons. The van der Waals surface area contributed by atoms with E-state index in [-0.39, 0.29) is 41.2 Å². The van der Waals surface area contributed by atoms with Crippen molar-refractivity contribution in [2.24, 2.45) is 5.73 Å². The highest BCUT2D eigenvalue weighted by Crippen LogP contribution is 2.29. The predicted octanol–water partition coefficient (Wildman–Crippen LogP) is 0.135. The lowest BCUT2D eigenvalue weighted by atomic mass is 10.1. The summed E-state index contributed by atoms with van der Waals surface area (Å²) in [5.41, 5.74) is 5.88. The molecule has 0 saturated carbocycles. The van der Waals surface area contributed by atoms with Crippen LogP contribution in [0.15, 0.2) is 23.1 Å². The Morgan fingerprint density at radius 1 is 1.40 bits per heavy atom. The van der Waals surface area contributed by atoms with Gasteiger partial charge in [0.1, 0.15) is 10.6 Å². The summed E-state index contributed by atoms with van der Waals surface area (Å²) < 4.78 is 37.7. The highest BCUT2D eigenvalue weighted by atomic mass is 32.2. The van der Waals surface area contributed by atoms with Gasteiger partial charge >= 0.3 is 0 Å². The van der Waals surface area contributed by atoms with Crippen molar-refractivity contribution in [3.05, 3.63) is 23.8 Å². The summed E-state index contributed by atoms with van der Waals surface area (Å²) in [5, 5.41) is 0. The Bertz CT molecular complexity index is 716. The Morgan fingerprint density at radius 3 is 2.60 bits per heavy atom. The highest BCUT2D eigenvalue weighted by molar-refractivity contribution is 7.89. The molecular formula is C16H25N3O5S. The lowest BCUT2D eigenvalue weighted by Gasteiger charge is -2.27. The third kappa shape index (κ3) is 4.12. The van der Waals surface area contributed by atoms with Gasteiger partial charge in [0.25, 0.3) is 5.91 Å². The van der Waals surface area contributed by atoms with Crippen molar-refractivity contribution in [3.8, 4) is 5.75 Å². The number of benzene rings is 1. The first-order chi connectivity index (χ1) is 11.8. The number of sulfonamides is 1. The molecule has 0 spiro atoms. The Kier molecular flexibility index (Phi) is 6.39. The average molecular weight is 371 g/mol. The summed E-state index contributed by atoms with van der Waals surface area (Å²) in [5.74, 6) is -0.0865. The SMILES string of the molecule is COc1ccc(C(=O)N(C)C(C)CN)cc1S(=O)(=O)N1CCOCC1. The van der Waals surface area contributed by atoms with E-state index in [9.17, 15) is 13.2 Å². The summed E-state index contributed by atoms with van der Waals surface area (Å²) in [6.45, 7) is 3.37. The molecule has 1 amide bonds. The Morgan fingerprint density at radius 2 is 2.04 bits per heavy atom. The molecule has 1 aliphatic heterocycles. The van der Waals surface area contributed by atoms with Gasteiger partial charge in [-0.25, -0.2) is 8.42 Å². The van der Waals surface area contributed by atoms with Crippen molar-refractivity contribution in [1.29, 1.82) is 0 Å². The van der Waals surface area contributed by atoms with Crippen LogP contribution < -0.4 is 10.5 Å². The van der Waals surface area contributed by atoms with E-state index in [1.54, 1.807) is 13.1 Å². The van der Waals surface area contributed by atoms with Crippen LogP contribution in [0.3, 0.4) is 0 Å². The molecule has 1 atom stereocenters. The number of nitrogens with zero attached hydrogens (tertiary/aromatic N) is 2. The topological polar surface area (TPSA) is 102 Å². The van der Waals surface area contributed by atoms with Crippen LogP contribution in [-0.4, -0.2) is 76.6 Å². The molecule has 9 heteroatoms. The molecule has 1 heterocycles. The van der Waals surface area contributed by atoms with Crippen LogP contribution in [0.1, 0.15) is 17.3 Å². The first-order valence-electron chi connectivity index (χ1n) is 8.06. The summed E-state index contributed by atoms with van der Waals surface area (Å²) in [6, 6.07) is 4.26. The van der Waals surface area contributed by atoms with Crippen LogP contribution in [0.25, 0.3) is 0 Å². The molecule has 2 rings (SSSR count). The third-order valence-electron chi connectivity index (χ3n) is 4.32. The maximum absolute atomic E-state index is 12.9.